The van der Waals surface area contributed by atoms with E-state index in [0.29, 0.717) is 12.2 Å². The van der Waals surface area contributed by atoms with Gasteiger partial charge in [0.05, 0.1) is 5.69 Å². The Morgan fingerprint density at radius 2 is 1.96 bits per heavy atom. The summed E-state index contributed by atoms with van der Waals surface area (Å²) in [5.41, 5.74) is 2.52. The topological polar surface area (TPSA) is 101 Å². The van der Waals surface area contributed by atoms with Gasteiger partial charge in [0.15, 0.2) is 0 Å². The molecule has 3 rings (SSSR count). The molecule has 2 fully saturated rings. The van der Waals surface area contributed by atoms with E-state index < -0.39 is 11.4 Å². The van der Waals surface area contributed by atoms with Gasteiger partial charge in [0, 0.05) is 18.8 Å². The predicted octanol–water partition coefficient (Wildman–Crippen LogP) is 2.49. The van der Waals surface area contributed by atoms with Crippen LogP contribution >= 0.6 is 0 Å². The number of carbonyl (C=O) groups excluding carboxylic acids is 2. The highest BCUT2D eigenvalue weighted by Gasteiger charge is 2.43. The molecule has 7 heteroatoms. The fourth-order valence-corrected chi connectivity index (χ4v) is 3.81. The van der Waals surface area contributed by atoms with Crippen LogP contribution in [0.4, 0.5) is 0 Å². The van der Waals surface area contributed by atoms with Crippen LogP contribution in [0.15, 0.2) is 24.4 Å². The van der Waals surface area contributed by atoms with Gasteiger partial charge < -0.3 is 4.74 Å². The molecule has 0 aromatic carbocycles. The van der Waals surface area contributed by atoms with Crippen LogP contribution in [0.1, 0.15) is 62.6 Å². The van der Waals surface area contributed by atoms with Crippen LogP contribution in [0.2, 0.25) is 0 Å². The molecular formula is C20H27N3O4. The molecule has 0 atom stereocenters. The summed E-state index contributed by atoms with van der Waals surface area (Å²) in [5.74, 6) is -0.707. The number of nitrogens with one attached hydrogen (secondary N) is 2. The number of amides is 1. The smallest absolute Gasteiger partial charge is 0.326 e. The average molecular weight is 373 g/mol. The van der Waals surface area contributed by atoms with Crippen molar-refractivity contribution in [1.82, 2.24) is 15.8 Å². The number of ether oxygens (including phenoxy) is 1. The maximum atomic E-state index is 12.8. The highest BCUT2D eigenvalue weighted by molar-refractivity contribution is 5.90. The average Bonchev–Trinajstić information content (AvgIpc) is 3.38. The molecule has 1 heterocycles. The Morgan fingerprint density at radius 1 is 1.22 bits per heavy atom. The number of esters is 1. The van der Waals surface area contributed by atoms with Crippen LogP contribution in [0, 0.1) is 0 Å². The largest absolute Gasteiger partial charge is 0.461 e. The fourth-order valence-electron chi connectivity index (χ4n) is 3.81. The van der Waals surface area contributed by atoms with Crippen LogP contribution in [-0.4, -0.2) is 33.7 Å². The maximum Gasteiger partial charge on any atom is 0.326 e. The second-order valence-electron chi connectivity index (χ2n) is 7.36. The highest BCUT2D eigenvalue weighted by Crippen LogP contribution is 2.33. The standard InChI is InChI=1S/C20H27N3O4/c24-18(23-26)10-9-16-8-7-15(13-21-16)14-22-20(11-3-4-12-20)19(25)27-17-5-1-2-6-17/h7-10,13,17,22,26H,1-6,11-12,14H2,(H,23,24). The zero-order valence-corrected chi connectivity index (χ0v) is 15.4. The first kappa shape index (κ1) is 19.5. The lowest BCUT2D eigenvalue weighted by Crippen LogP contribution is -2.51. The second kappa shape index (κ2) is 9.10. The third-order valence-electron chi connectivity index (χ3n) is 5.42. The molecule has 1 amide bonds. The molecule has 0 bridgehead atoms. The number of aromatic nitrogens is 1. The summed E-state index contributed by atoms with van der Waals surface area (Å²) in [6.45, 7) is 0.536. The monoisotopic (exact) mass is 373 g/mol. The summed E-state index contributed by atoms with van der Waals surface area (Å²) in [7, 11) is 0. The fraction of sp³-hybridized carbons (Fsp3) is 0.550. The van der Waals surface area contributed by atoms with Crippen molar-refractivity contribution in [1.29, 1.82) is 0 Å². The van der Waals surface area contributed by atoms with Gasteiger partial charge in [-0.2, -0.15) is 0 Å². The van der Waals surface area contributed by atoms with Crippen LogP contribution in [-0.2, 0) is 20.9 Å². The molecule has 0 spiro atoms. The van der Waals surface area contributed by atoms with Gasteiger partial charge >= 0.3 is 5.97 Å². The van der Waals surface area contributed by atoms with Gasteiger partial charge in [-0.3, -0.25) is 25.1 Å². The number of hydrogen-bond donors (Lipinski definition) is 3. The van der Waals surface area contributed by atoms with Gasteiger partial charge in [-0.1, -0.05) is 18.9 Å². The molecule has 0 saturated heterocycles. The van der Waals surface area contributed by atoms with E-state index in [1.54, 1.807) is 12.3 Å². The molecule has 2 aliphatic rings. The first-order valence-corrected chi connectivity index (χ1v) is 9.64. The Bertz CT molecular complexity index is 675. The van der Waals surface area contributed by atoms with Crippen molar-refractivity contribution in [2.45, 2.75) is 69.6 Å². The first-order valence-electron chi connectivity index (χ1n) is 9.64. The lowest BCUT2D eigenvalue weighted by atomic mass is 9.97. The molecule has 2 saturated carbocycles. The minimum atomic E-state index is -0.605. The Morgan fingerprint density at radius 3 is 2.59 bits per heavy atom. The molecule has 1 aromatic rings. The van der Waals surface area contributed by atoms with Gasteiger partial charge in [0.1, 0.15) is 11.6 Å². The molecule has 7 nitrogen and oxygen atoms in total. The molecule has 27 heavy (non-hydrogen) atoms. The number of rotatable bonds is 7. The van der Waals surface area contributed by atoms with E-state index in [1.807, 2.05) is 6.07 Å². The Hall–Kier alpha value is -2.25. The van der Waals surface area contributed by atoms with E-state index in [4.69, 9.17) is 9.94 Å². The normalized spacial score (nSPS) is 19.4. The van der Waals surface area contributed by atoms with E-state index in [1.165, 1.54) is 17.6 Å². The van der Waals surface area contributed by atoms with Crippen LogP contribution in [0.3, 0.4) is 0 Å². The lowest BCUT2D eigenvalue weighted by Gasteiger charge is -2.29. The predicted molar refractivity (Wildman–Crippen MR) is 99.6 cm³/mol. The molecule has 2 aliphatic carbocycles. The van der Waals surface area contributed by atoms with E-state index in [0.717, 1.165) is 56.9 Å². The van der Waals surface area contributed by atoms with Crippen LogP contribution < -0.4 is 10.8 Å². The van der Waals surface area contributed by atoms with Gasteiger partial charge in [-0.05, 0) is 56.2 Å². The van der Waals surface area contributed by atoms with Crippen molar-refractivity contribution in [2.75, 3.05) is 0 Å². The Kier molecular flexibility index (Phi) is 6.58. The number of hydrogen-bond acceptors (Lipinski definition) is 6. The van der Waals surface area contributed by atoms with Gasteiger partial charge in [0.2, 0.25) is 0 Å². The van der Waals surface area contributed by atoms with Gasteiger partial charge in [-0.25, -0.2) is 5.48 Å². The van der Waals surface area contributed by atoms with Crippen LogP contribution in [0.25, 0.3) is 6.08 Å². The minimum Gasteiger partial charge on any atom is -0.461 e. The van der Waals surface area contributed by atoms with Crippen molar-refractivity contribution < 1.29 is 19.5 Å². The molecule has 1 aromatic heterocycles. The van der Waals surface area contributed by atoms with E-state index in [9.17, 15) is 9.59 Å². The molecular weight excluding hydrogens is 346 g/mol. The van der Waals surface area contributed by atoms with Crippen molar-refractivity contribution in [3.63, 3.8) is 0 Å². The van der Waals surface area contributed by atoms with Crippen molar-refractivity contribution in [3.8, 4) is 0 Å². The zero-order chi connectivity index (χ0) is 19.1. The minimum absolute atomic E-state index is 0.0839. The summed E-state index contributed by atoms with van der Waals surface area (Å²) >= 11 is 0. The zero-order valence-electron chi connectivity index (χ0n) is 15.4. The van der Waals surface area contributed by atoms with Crippen molar-refractivity contribution in [2.24, 2.45) is 0 Å². The highest BCUT2D eigenvalue weighted by atomic mass is 16.5. The number of hydroxylamine groups is 1. The summed E-state index contributed by atoms with van der Waals surface area (Å²) in [5, 5.41) is 11.9. The summed E-state index contributed by atoms with van der Waals surface area (Å²) in [6, 6.07) is 3.69. The van der Waals surface area contributed by atoms with E-state index in [-0.39, 0.29) is 12.1 Å². The molecule has 0 unspecified atom stereocenters. The summed E-state index contributed by atoms with van der Waals surface area (Å²) < 4.78 is 5.79. The quantitative estimate of drug-likeness (QED) is 0.294. The summed E-state index contributed by atoms with van der Waals surface area (Å²) in [4.78, 5) is 28.1. The third-order valence-corrected chi connectivity index (χ3v) is 5.42. The number of nitrogens with zero attached hydrogens (tertiary/aromatic N) is 1. The molecule has 0 radical (unpaired) electrons. The van der Waals surface area contributed by atoms with Crippen molar-refractivity contribution >= 4 is 18.0 Å². The summed E-state index contributed by atoms with van der Waals surface area (Å²) in [6.07, 6.45) is 12.4. The number of carbonyl (C=O) groups is 2. The molecule has 3 N–H and O–H groups in total. The Balaban J connectivity index is 1.58. The van der Waals surface area contributed by atoms with Crippen LogP contribution in [0.5, 0.6) is 0 Å². The third kappa shape index (κ3) is 5.14. The van der Waals surface area contributed by atoms with E-state index in [2.05, 4.69) is 10.3 Å². The first-order chi connectivity index (χ1) is 13.1. The van der Waals surface area contributed by atoms with Crippen molar-refractivity contribution in [3.05, 3.63) is 35.7 Å². The lowest BCUT2D eigenvalue weighted by molar-refractivity contribution is -0.157. The molecule has 146 valence electrons. The van der Waals surface area contributed by atoms with Gasteiger partial charge in [0.25, 0.3) is 5.91 Å². The van der Waals surface area contributed by atoms with E-state index >= 15 is 0 Å². The van der Waals surface area contributed by atoms with Gasteiger partial charge in [-0.15, -0.1) is 0 Å². The maximum absolute atomic E-state index is 12.8. The second-order valence-corrected chi connectivity index (χ2v) is 7.36. The number of pyridine rings is 1. The molecule has 0 aliphatic heterocycles. The Labute approximate surface area is 159 Å². The SMILES string of the molecule is O=C(C=Cc1ccc(CNC2(C(=O)OC3CCCC3)CCCC2)cn1)NO.